The fourth-order valence-corrected chi connectivity index (χ4v) is 2.04. The Morgan fingerprint density at radius 3 is 2.75 bits per heavy atom. The summed E-state index contributed by atoms with van der Waals surface area (Å²) in [5.41, 5.74) is 0.215. The molecule has 0 spiro atoms. The fourth-order valence-electron chi connectivity index (χ4n) is 2.04. The van der Waals surface area contributed by atoms with E-state index in [1.807, 2.05) is 25.9 Å². The molecule has 1 heterocycles. The Bertz CT molecular complexity index is 688. The molecule has 0 aliphatic carbocycles. The number of hydrogen-bond acceptors (Lipinski definition) is 3. The number of nitrogens with one attached hydrogen (secondary N) is 1. The number of hydrogen-bond donors (Lipinski definition) is 1. The predicted molar refractivity (Wildman–Crippen MR) is 99.1 cm³/mol. The van der Waals surface area contributed by atoms with Crippen molar-refractivity contribution in [1.29, 1.82) is 0 Å². The van der Waals surface area contributed by atoms with Gasteiger partial charge in [-0.2, -0.15) is 5.10 Å². The number of aliphatic imine (C=N–C) groups is 1. The molecular weight excluding hydrogens is 429 g/mol. The summed E-state index contributed by atoms with van der Waals surface area (Å²) in [6.07, 6.45) is 1.48. The molecule has 1 N–H and O–H groups in total. The van der Waals surface area contributed by atoms with Crippen molar-refractivity contribution in [2.24, 2.45) is 12.0 Å². The molecule has 0 unspecified atom stereocenters. The summed E-state index contributed by atoms with van der Waals surface area (Å²) >= 11 is 0. The summed E-state index contributed by atoms with van der Waals surface area (Å²) in [7, 11) is 3.65. The van der Waals surface area contributed by atoms with Crippen LogP contribution in [-0.4, -0.2) is 39.2 Å². The zero-order chi connectivity index (χ0) is 16.8. The molecule has 2 aromatic rings. The molecule has 0 saturated heterocycles. The quantitative estimate of drug-likeness (QED) is 0.432. The molecule has 1 aromatic heterocycles. The van der Waals surface area contributed by atoms with E-state index in [0.29, 0.717) is 19.0 Å². The van der Waals surface area contributed by atoms with Crippen LogP contribution in [0.2, 0.25) is 0 Å². The lowest BCUT2D eigenvalue weighted by molar-refractivity contribution is 0.448. The maximum atomic E-state index is 13.7. The minimum Gasteiger partial charge on any atom is -0.357 e. The number of benzene rings is 1. The molecule has 0 aliphatic rings. The highest BCUT2D eigenvalue weighted by Crippen LogP contribution is 2.11. The van der Waals surface area contributed by atoms with Crippen molar-refractivity contribution in [1.82, 2.24) is 25.0 Å². The van der Waals surface area contributed by atoms with Gasteiger partial charge in [0, 0.05) is 26.2 Å². The van der Waals surface area contributed by atoms with Crippen LogP contribution in [0.3, 0.4) is 0 Å². The highest BCUT2D eigenvalue weighted by molar-refractivity contribution is 14.0. The van der Waals surface area contributed by atoms with Crippen molar-refractivity contribution >= 4 is 29.9 Å². The van der Waals surface area contributed by atoms with Crippen molar-refractivity contribution in [3.8, 4) is 0 Å². The number of aromatic nitrogens is 3. The zero-order valence-corrected chi connectivity index (χ0v) is 16.2. The van der Waals surface area contributed by atoms with E-state index < -0.39 is 11.6 Å². The van der Waals surface area contributed by atoms with E-state index in [1.165, 1.54) is 6.33 Å². The van der Waals surface area contributed by atoms with Crippen molar-refractivity contribution in [3.63, 3.8) is 0 Å². The van der Waals surface area contributed by atoms with Gasteiger partial charge in [-0.25, -0.2) is 18.8 Å². The third-order valence-corrected chi connectivity index (χ3v) is 3.29. The maximum absolute atomic E-state index is 13.7. The summed E-state index contributed by atoms with van der Waals surface area (Å²) < 4.78 is 28.6. The van der Waals surface area contributed by atoms with E-state index in [2.05, 4.69) is 20.4 Å². The van der Waals surface area contributed by atoms with Crippen LogP contribution in [-0.2, 0) is 20.1 Å². The van der Waals surface area contributed by atoms with Crippen LogP contribution in [0.4, 0.5) is 8.78 Å². The van der Waals surface area contributed by atoms with Gasteiger partial charge in [-0.1, -0.05) is 0 Å². The lowest BCUT2D eigenvalue weighted by Crippen LogP contribution is -2.39. The van der Waals surface area contributed by atoms with Crippen LogP contribution in [0.15, 0.2) is 29.5 Å². The minimum atomic E-state index is -0.478. The molecule has 1 aromatic carbocycles. The van der Waals surface area contributed by atoms with Crippen LogP contribution in [0, 0.1) is 11.6 Å². The normalized spacial score (nSPS) is 11.1. The number of aryl methyl sites for hydroxylation is 1. The van der Waals surface area contributed by atoms with Gasteiger partial charge in [0.05, 0.1) is 13.1 Å². The standard InChI is InChI=1S/C15H20F2N6.HI/c1-4-18-15(22(2)9-14-20-10-21-23(14)3)19-8-11-7-12(16)5-6-13(11)17;/h5-7,10H,4,8-9H2,1-3H3,(H,18,19);1H. The molecule has 0 aliphatic heterocycles. The smallest absolute Gasteiger partial charge is 0.194 e. The molecule has 132 valence electrons. The van der Waals surface area contributed by atoms with Gasteiger partial charge in [0.15, 0.2) is 5.96 Å². The Labute approximate surface area is 157 Å². The molecule has 0 amide bonds. The summed E-state index contributed by atoms with van der Waals surface area (Å²) in [4.78, 5) is 10.4. The van der Waals surface area contributed by atoms with Gasteiger partial charge in [0.25, 0.3) is 0 Å². The van der Waals surface area contributed by atoms with E-state index in [9.17, 15) is 8.78 Å². The maximum Gasteiger partial charge on any atom is 0.194 e. The molecule has 0 radical (unpaired) electrons. The summed E-state index contributed by atoms with van der Waals surface area (Å²) in [6.45, 7) is 3.14. The highest BCUT2D eigenvalue weighted by atomic mass is 127. The second-order valence-corrected chi connectivity index (χ2v) is 5.06. The first-order valence-corrected chi connectivity index (χ1v) is 7.27. The lowest BCUT2D eigenvalue weighted by atomic mass is 10.2. The summed E-state index contributed by atoms with van der Waals surface area (Å²) in [6, 6.07) is 3.36. The van der Waals surface area contributed by atoms with Gasteiger partial charge in [-0.3, -0.25) is 4.68 Å². The molecule has 6 nitrogen and oxygen atoms in total. The molecule has 0 bridgehead atoms. The van der Waals surface area contributed by atoms with Crippen molar-refractivity contribution in [3.05, 3.63) is 47.5 Å². The molecule has 0 saturated carbocycles. The first-order valence-electron chi connectivity index (χ1n) is 7.27. The van der Waals surface area contributed by atoms with Gasteiger partial charge in [0.1, 0.15) is 23.8 Å². The monoisotopic (exact) mass is 450 g/mol. The Morgan fingerprint density at radius 1 is 1.38 bits per heavy atom. The second kappa shape index (κ2) is 9.50. The van der Waals surface area contributed by atoms with Gasteiger partial charge < -0.3 is 10.2 Å². The molecule has 24 heavy (non-hydrogen) atoms. The number of nitrogens with zero attached hydrogens (tertiary/aromatic N) is 5. The first kappa shape index (κ1) is 20.3. The van der Waals surface area contributed by atoms with Crippen LogP contribution < -0.4 is 5.32 Å². The Hall–Kier alpha value is -1.78. The summed E-state index contributed by atoms with van der Waals surface area (Å²) in [5.74, 6) is 0.408. The van der Waals surface area contributed by atoms with Crippen molar-refractivity contribution in [2.75, 3.05) is 13.6 Å². The van der Waals surface area contributed by atoms with E-state index >= 15 is 0 Å². The molecule has 0 fully saturated rings. The molecular formula is C15H21F2IN6. The number of guanidine groups is 1. The third kappa shape index (κ3) is 5.39. The van der Waals surface area contributed by atoms with Crippen LogP contribution in [0.25, 0.3) is 0 Å². The zero-order valence-electron chi connectivity index (χ0n) is 13.8. The SMILES string of the molecule is CCNC(=NCc1cc(F)ccc1F)N(C)Cc1ncnn1C.I. The van der Waals surface area contributed by atoms with E-state index in [1.54, 1.807) is 4.68 Å². The van der Waals surface area contributed by atoms with E-state index in [4.69, 9.17) is 0 Å². The van der Waals surface area contributed by atoms with E-state index in [0.717, 1.165) is 24.0 Å². The average Bonchev–Trinajstić information content (AvgIpc) is 2.91. The Morgan fingerprint density at radius 2 is 2.12 bits per heavy atom. The third-order valence-electron chi connectivity index (χ3n) is 3.29. The number of halogens is 3. The molecule has 0 atom stereocenters. The van der Waals surface area contributed by atoms with Gasteiger partial charge in [-0.15, -0.1) is 24.0 Å². The first-order chi connectivity index (χ1) is 11.0. The lowest BCUT2D eigenvalue weighted by Gasteiger charge is -2.21. The second-order valence-electron chi connectivity index (χ2n) is 5.06. The van der Waals surface area contributed by atoms with Gasteiger partial charge in [0.2, 0.25) is 0 Å². The number of rotatable bonds is 5. The minimum absolute atomic E-state index is 0. The van der Waals surface area contributed by atoms with Crippen LogP contribution in [0.1, 0.15) is 18.3 Å². The fraction of sp³-hybridized carbons (Fsp3) is 0.400. The van der Waals surface area contributed by atoms with E-state index in [-0.39, 0.29) is 36.1 Å². The van der Waals surface area contributed by atoms with Gasteiger partial charge >= 0.3 is 0 Å². The van der Waals surface area contributed by atoms with Gasteiger partial charge in [-0.05, 0) is 25.1 Å². The van der Waals surface area contributed by atoms with Crippen LogP contribution >= 0.6 is 24.0 Å². The Balaban J connectivity index is 0.00000288. The predicted octanol–water partition coefficient (Wildman–Crippen LogP) is 2.31. The topological polar surface area (TPSA) is 58.3 Å². The molecule has 2 rings (SSSR count). The molecule has 9 heteroatoms. The largest absolute Gasteiger partial charge is 0.357 e. The average molecular weight is 450 g/mol. The van der Waals surface area contributed by atoms with Crippen molar-refractivity contribution < 1.29 is 8.78 Å². The highest BCUT2D eigenvalue weighted by Gasteiger charge is 2.11. The van der Waals surface area contributed by atoms with Crippen molar-refractivity contribution in [2.45, 2.75) is 20.0 Å². The Kier molecular flexibility index (Phi) is 8.02. The van der Waals surface area contributed by atoms with Crippen LogP contribution in [0.5, 0.6) is 0 Å². The summed E-state index contributed by atoms with van der Waals surface area (Å²) in [5, 5.41) is 7.14.